The van der Waals surface area contributed by atoms with Gasteiger partial charge in [0.15, 0.2) is 0 Å². The first-order valence-electron chi connectivity index (χ1n) is 6.70. The molecule has 0 fully saturated rings. The number of carboxylic acid groups (broad SMARTS) is 1. The van der Waals surface area contributed by atoms with Gasteiger partial charge in [-0.25, -0.2) is 9.59 Å². The summed E-state index contributed by atoms with van der Waals surface area (Å²) < 4.78 is 10.2. The van der Waals surface area contributed by atoms with E-state index in [0.717, 1.165) is 6.92 Å². The Labute approximate surface area is 128 Å². The van der Waals surface area contributed by atoms with E-state index in [1.165, 1.54) is 0 Å². The molecule has 0 aliphatic heterocycles. The van der Waals surface area contributed by atoms with Gasteiger partial charge < -0.3 is 19.9 Å². The third kappa shape index (κ3) is 5.89. The van der Waals surface area contributed by atoms with Gasteiger partial charge in [0.05, 0.1) is 19.3 Å². The van der Waals surface area contributed by atoms with E-state index in [9.17, 15) is 19.5 Å². The van der Waals surface area contributed by atoms with Crippen LogP contribution in [0.2, 0.25) is 0 Å². The minimum atomic E-state index is -2.16. The summed E-state index contributed by atoms with van der Waals surface area (Å²) in [5.41, 5.74) is -2.16. The van der Waals surface area contributed by atoms with Crippen molar-refractivity contribution >= 4 is 29.4 Å². The molecule has 0 saturated heterocycles. The first kappa shape index (κ1) is 19.7. The number of amides is 1. The van der Waals surface area contributed by atoms with E-state index in [0.29, 0.717) is 6.42 Å². The van der Waals surface area contributed by atoms with Crippen LogP contribution in [-0.4, -0.2) is 53.7 Å². The molecular formula is C13H22ClNO6. The molecule has 0 saturated carbocycles. The van der Waals surface area contributed by atoms with Crippen molar-refractivity contribution in [2.45, 2.75) is 45.3 Å². The molecule has 0 spiro atoms. The second-order valence-corrected chi connectivity index (χ2v) is 4.78. The summed E-state index contributed by atoms with van der Waals surface area (Å²) in [6.07, 6.45) is -0.310. The lowest BCUT2D eigenvalue weighted by atomic mass is 9.90. The fourth-order valence-corrected chi connectivity index (χ4v) is 1.93. The molecule has 0 heterocycles. The zero-order valence-corrected chi connectivity index (χ0v) is 13.2. The molecule has 2 N–H and O–H groups in total. The zero-order chi connectivity index (χ0) is 16.5. The van der Waals surface area contributed by atoms with Gasteiger partial charge in [0, 0.05) is 19.2 Å². The molecule has 0 aliphatic rings. The first-order chi connectivity index (χ1) is 9.83. The van der Waals surface area contributed by atoms with Crippen molar-refractivity contribution < 1.29 is 29.0 Å². The van der Waals surface area contributed by atoms with Crippen molar-refractivity contribution in [3.63, 3.8) is 0 Å². The van der Waals surface area contributed by atoms with Crippen LogP contribution in [0.15, 0.2) is 0 Å². The fraction of sp³-hybridized carbons (Fsp3) is 0.769. The molecule has 2 unspecified atom stereocenters. The predicted molar refractivity (Wildman–Crippen MR) is 76.2 cm³/mol. The molecule has 21 heavy (non-hydrogen) atoms. The Morgan fingerprint density at radius 2 is 1.95 bits per heavy atom. The smallest absolute Gasteiger partial charge is 0.343 e. The largest absolute Gasteiger partial charge is 0.479 e. The summed E-state index contributed by atoms with van der Waals surface area (Å²) in [4.78, 5) is 35.0. The van der Waals surface area contributed by atoms with E-state index in [1.807, 2.05) is 0 Å². The maximum Gasteiger partial charge on any atom is 0.343 e. The van der Waals surface area contributed by atoms with Crippen LogP contribution in [0.25, 0.3) is 0 Å². The second-order valence-electron chi connectivity index (χ2n) is 4.41. The number of carboxylic acids is 1. The maximum atomic E-state index is 12.1. The van der Waals surface area contributed by atoms with E-state index in [4.69, 9.17) is 21.1 Å². The predicted octanol–water partition coefficient (Wildman–Crippen LogP) is 0.933. The fourth-order valence-electron chi connectivity index (χ4n) is 1.84. The molecule has 0 radical (unpaired) electrons. The van der Waals surface area contributed by atoms with E-state index in [1.54, 1.807) is 13.8 Å². The van der Waals surface area contributed by atoms with Crippen LogP contribution >= 0.6 is 11.6 Å². The highest BCUT2D eigenvalue weighted by atomic mass is 35.5. The van der Waals surface area contributed by atoms with Crippen LogP contribution < -0.4 is 5.32 Å². The Morgan fingerprint density at radius 3 is 2.33 bits per heavy atom. The molecule has 0 aromatic rings. The summed E-state index contributed by atoms with van der Waals surface area (Å²) in [6.45, 7) is 4.70. The van der Waals surface area contributed by atoms with Gasteiger partial charge in [-0.2, -0.15) is 0 Å². The standard InChI is InChI=1S/C13H22ClNO6/c1-4-10(21-7-6-14)8-13(11(17)18,15-9(3)16)12(19)20-5-2/h10H,4-8H2,1-3H3,(H,15,16)(H,17,18). The van der Waals surface area contributed by atoms with Gasteiger partial charge in [-0.3, -0.25) is 4.79 Å². The average Bonchev–Trinajstić information content (AvgIpc) is 2.41. The highest BCUT2D eigenvalue weighted by Crippen LogP contribution is 2.20. The lowest BCUT2D eigenvalue weighted by Gasteiger charge is -2.31. The number of halogens is 1. The monoisotopic (exact) mass is 323 g/mol. The van der Waals surface area contributed by atoms with Crippen molar-refractivity contribution in [3.8, 4) is 0 Å². The van der Waals surface area contributed by atoms with Gasteiger partial charge in [0.25, 0.3) is 0 Å². The number of carbonyl (C=O) groups is 3. The van der Waals surface area contributed by atoms with Crippen LogP contribution in [0.1, 0.15) is 33.6 Å². The van der Waals surface area contributed by atoms with Crippen molar-refractivity contribution in [1.82, 2.24) is 5.32 Å². The molecule has 2 atom stereocenters. The van der Waals surface area contributed by atoms with Crippen molar-refractivity contribution in [1.29, 1.82) is 0 Å². The van der Waals surface area contributed by atoms with Gasteiger partial charge in [-0.05, 0) is 13.3 Å². The van der Waals surface area contributed by atoms with Gasteiger partial charge in [-0.1, -0.05) is 6.92 Å². The molecule has 7 nitrogen and oxygen atoms in total. The molecule has 0 aromatic carbocycles. The van der Waals surface area contributed by atoms with E-state index in [2.05, 4.69) is 5.32 Å². The van der Waals surface area contributed by atoms with E-state index >= 15 is 0 Å². The number of aliphatic carboxylic acids is 1. The molecule has 8 heteroatoms. The summed E-state index contributed by atoms with van der Waals surface area (Å²) in [6, 6.07) is 0. The Hall–Kier alpha value is -1.34. The minimum Gasteiger partial charge on any atom is -0.479 e. The van der Waals surface area contributed by atoms with Crippen molar-refractivity contribution in [2.75, 3.05) is 19.1 Å². The zero-order valence-electron chi connectivity index (χ0n) is 12.5. The number of nitrogens with one attached hydrogen (secondary N) is 1. The summed E-state index contributed by atoms with van der Waals surface area (Å²) in [7, 11) is 0. The lowest BCUT2D eigenvalue weighted by Crippen LogP contribution is -2.62. The number of ether oxygens (including phenoxy) is 2. The van der Waals surface area contributed by atoms with Crippen LogP contribution in [-0.2, 0) is 23.9 Å². The van der Waals surface area contributed by atoms with Crippen LogP contribution in [0, 0.1) is 0 Å². The normalized spacial score (nSPS) is 14.9. The number of rotatable bonds is 10. The summed E-state index contributed by atoms with van der Waals surface area (Å²) in [5, 5.41) is 11.6. The number of esters is 1. The number of carbonyl (C=O) groups excluding carboxylic acids is 2. The Morgan fingerprint density at radius 1 is 1.33 bits per heavy atom. The lowest BCUT2D eigenvalue weighted by molar-refractivity contribution is -0.167. The topological polar surface area (TPSA) is 102 Å². The maximum absolute atomic E-state index is 12.1. The highest BCUT2D eigenvalue weighted by Gasteiger charge is 2.50. The molecular weight excluding hydrogens is 302 g/mol. The van der Waals surface area contributed by atoms with Crippen LogP contribution in [0.4, 0.5) is 0 Å². The van der Waals surface area contributed by atoms with Crippen LogP contribution in [0.3, 0.4) is 0 Å². The second kappa shape index (κ2) is 9.57. The quantitative estimate of drug-likeness (QED) is 0.352. The minimum absolute atomic E-state index is 0.00672. The van der Waals surface area contributed by atoms with Gasteiger partial charge in [-0.15, -0.1) is 11.6 Å². The molecule has 0 aliphatic carbocycles. The van der Waals surface area contributed by atoms with Gasteiger partial charge in [0.1, 0.15) is 0 Å². The first-order valence-corrected chi connectivity index (χ1v) is 7.24. The average molecular weight is 324 g/mol. The van der Waals surface area contributed by atoms with Crippen LogP contribution in [0.5, 0.6) is 0 Å². The van der Waals surface area contributed by atoms with E-state index in [-0.39, 0.29) is 25.5 Å². The van der Waals surface area contributed by atoms with Crippen molar-refractivity contribution in [3.05, 3.63) is 0 Å². The Bertz CT molecular complexity index is 376. The SMILES string of the molecule is CCOC(=O)C(CC(CC)OCCCl)(NC(C)=O)C(=O)O. The third-order valence-corrected chi connectivity index (χ3v) is 2.95. The van der Waals surface area contributed by atoms with Crippen molar-refractivity contribution in [2.24, 2.45) is 0 Å². The number of hydrogen-bond donors (Lipinski definition) is 2. The molecule has 0 rings (SSSR count). The summed E-state index contributed by atoms with van der Waals surface area (Å²) in [5.74, 6) is -2.89. The molecule has 122 valence electrons. The Balaban J connectivity index is 5.37. The van der Waals surface area contributed by atoms with Gasteiger partial charge in [0.2, 0.25) is 11.4 Å². The third-order valence-electron chi connectivity index (χ3n) is 2.80. The molecule has 1 amide bonds. The van der Waals surface area contributed by atoms with Gasteiger partial charge >= 0.3 is 11.9 Å². The number of hydrogen-bond acceptors (Lipinski definition) is 5. The molecule has 0 bridgehead atoms. The highest BCUT2D eigenvalue weighted by molar-refractivity contribution is 6.18. The Kier molecular flexibility index (Phi) is 8.96. The summed E-state index contributed by atoms with van der Waals surface area (Å²) >= 11 is 5.53. The molecule has 0 aromatic heterocycles. The number of alkyl halides is 1. The van der Waals surface area contributed by atoms with E-state index < -0.39 is 29.5 Å².